The van der Waals surface area contributed by atoms with Crippen LogP contribution in [-0.2, 0) is 26.1 Å². The van der Waals surface area contributed by atoms with E-state index in [9.17, 15) is 0 Å². The van der Waals surface area contributed by atoms with Gasteiger partial charge in [0.25, 0.3) is 0 Å². The van der Waals surface area contributed by atoms with E-state index in [0.717, 1.165) is 26.1 Å². The number of nitrogens with zero attached hydrogens (tertiary/aromatic N) is 4. The highest BCUT2D eigenvalue weighted by molar-refractivity contribution is 5.27. The number of aryl methyl sites for hydroxylation is 1. The molecule has 0 atom stereocenters. The molecule has 0 aromatic carbocycles. The zero-order valence-corrected chi connectivity index (χ0v) is 15.8. The minimum atomic E-state index is 0.614. The average molecular weight is 309 g/mol. The van der Waals surface area contributed by atoms with Crippen molar-refractivity contribution in [1.29, 1.82) is 0 Å². The molecule has 0 unspecified atom stereocenters. The lowest BCUT2D eigenvalue weighted by molar-refractivity contribution is 0.216. The number of aromatic nitrogens is 2. The van der Waals surface area contributed by atoms with Gasteiger partial charge in [-0.2, -0.15) is 5.10 Å². The summed E-state index contributed by atoms with van der Waals surface area (Å²) in [5, 5.41) is 4.91. The lowest BCUT2D eigenvalue weighted by Crippen LogP contribution is -2.30. The summed E-state index contributed by atoms with van der Waals surface area (Å²) in [5.74, 6) is 0. The molecule has 2 rings (SSSR count). The van der Waals surface area contributed by atoms with Crippen molar-refractivity contribution in [3.8, 4) is 0 Å². The summed E-state index contributed by atoms with van der Waals surface area (Å²) in [5.41, 5.74) is 4.26. The molecule has 1 aromatic heterocycles. The Morgan fingerprint density at radius 3 is 2.41 bits per heavy atom. The van der Waals surface area contributed by atoms with Crippen molar-refractivity contribution in [1.82, 2.24) is 19.6 Å². The third-order valence-corrected chi connectivity index (χ3v) is 4.11. The van der Waals surface area contributed by atoms with Crippen LogP contribution in [0.2, 0.25) is 0 Å². The summed E-state index contributed by atoms with van der Waals surface area (Å²) in [6.07, 6.45) is 3.56. The van der Waals surface area contributed by atoms with E-state index in [0.29, 0.717) is 6.04 Å². The van der Waals surface area contributed by atoms with Gasteiger partial charge in [0.15, 0.2) is 0 Å². The predicted molar refractivity (Wildman–Crippen MR) is 95.1 cm³/mol. The van der Waals surface area contributed by atoms with Gasteiger partial charge in [-0.1, -0.05) is 27.2 Å². The maximum Gasteiger partial charge on any atom is 0.0799 e. The van der Waals surface area contributed by atoms with E-state index < -0.39 is 0 Å². The molecule has 4 nitrogen and oxygen atoms in total. The molecule has 0 N–H and O–H groups in total. The highest BCUT2D eigenvalue weighted by Gasteiger charge is 2.23. The van der Waals surface area contributed by atoms with E-state index in [1.54, 1.807) is 0 Å². The molecular weight excluding hydrogens is 272 g/mol. The first-order valence-corrected chi connectivity index (χ1v) is 8.99. The van der Waals surface area contributed by atoms with Gasteiger partial charge in [0.2, 0.25) is 0 Å². The fraction of sp³-hybridized carbons (Fsp3) is 0.833. The Balaban J connectivity index is 0.00000116. The van der Waals surface area contributed by atoms with Crippen LogP contribution in [0.15, 0.2) is 0 Å². The zero-order valence-electron chi connectivity index (χ0n) is 15.8. The van der Waals surface area contributed by atoms with Gasteiger partial charge in [0, 0.05) is 32.2 Å². The summed E-state index contributed by atoms with van der Waals surface area (Å²) < 4.78 is 2.28. The quantitative estimate of drug-likeness (QED) is 0.831. The van der Waals surface area contributed by atoms with Crippen LogP contribution in [0.25, 0.3) is 0 Å². The summed E-state index contributed by atoms with van der Waals surface area (Å²) in [6.45, 7) is 15.1. The van der Waals surface area contributed by atoms with Crippen LogP contribution in [-0.4, -0.2) is 46.3 Å². The molecule has 2 heterocycles. The van der Waals surface area contributed by atoms with Crippen molar-refractivity contribution in [2.75, 3.05) is 20.6 Å². The minimum absolute atomic E-state index is 0.614. The molecule has 1 aliphatic rings. The third-order valence-electron chi connectivity index (χ3n) is 4.11. The largest absolute Gasteiger partial charge is 0.303 e. The molecule has 1 aliphatic heterocycles. The molecular formula is C18H36N4. The first kappa shape index (κ1) is 19.2. The highest BCUT2D eigenvalue weighted by Crippen LogP contribution is 2.23. The standard InChI is InChI=1S/C16H30N4.C2H6/c1-6-8-14-15(11-18(4)5)17-20-10-7-9-19(13(2)3)12-16(14)20;1-2/h13H,6-12H2,1-5H3;1-2H3. The van der Waals surface area contributed by atoms with Crippen LogP contribution in [0.1, 0.15) is 64.4 Å². The molecule has 0 fully saturated rings. The summed E-state index contributed by atoms with van der Waals surface area (Å²) in [4.78, 5) is 4.81. The van der Waals surface area contributed by atoms with Crippen molar-refractivity contribution < 1.29 is 0 Å². The molecule has 0 spiro atoms. The molecule has 22 heavy (non-hydrogen) atoms. The number of fused-ring (bicyclic) bond motifs is 1. The second-order valence-electron chi connectivity index (χ2n) is 6.50. The fourth-order valence-electron chi connectivity index (χ4n) is 3.05. The van der Waals surface area contributed by atoms with Gasteiger partial charge in [0.1, 0.15) is 0 Å². The third kappa shape index (κ3) is 4.82. The second-order valence-corrected chi connectivity index (χ2v) is 6.50. The van der Waals surface area contributed by atoms with E-state index in [4.69, 9.17) is 5.10 Å². The monoisotopic (exact) mass is 308 g/mol. The molecule has 0 radical (unpaired) electrons. The van der Waals surface area contributed by atoms with E-state index in [1.165, 1.54) is 36.3 Å². The van der Waals surface area contributed by atoms with E-state index in [2.05, 4.69) is 49.3 Å². The van der Waals surface area contributed by atoms with Crippen LogP contribution in [0.4, 0.5) is 0 Å². The van der Waals surface area contributed by atoms with Crippen molar-refractivity contribution in [3.63, 3.8) is 0 Å². The van der Waals surface area contributed by atoms with Crippen LogP contribution in [0.5, 0.6) is 0 Å². The topological polar surface area (TPSA) is 24.3 Å². The Morgan fingerprint density at radius 1 is 1.18 bits per heavy atom. The van der Waals surface area contributed by atoms with Gasteiger partial charge in [-0.3, -0.25) is 9.58 Å². The van der Waals surface area contributed by atoms with Gasteiger partial charge in [-0.05, 0) is 46.3 Å². The van der Waals surface area contributed by atoms with Gasteiger partial charge in [0.05, 0.1) is 11.4 Å². The number of rotatable bonds is 5. The van der Waals surface area contributed by atoms with Gasteiger partial charge in [-0.25, -0.2) is 0 Å². The average Bonchev–Trinajstić information content (AvgIpc) is 2.66. The first-order valence-electron chi connectivity index (χ1n) is 8.99. The van der Waals surface area contributed by atoms with E-state index in [1.807, 2.05) is 13.8 Å². The maximum absolute atomic E-state index is 4.91. The molecule has 0 aliphatic carbocycles. The summed E-state index contributed by atoms with van der Waals surface area (Å²) >= 11 is 0. The normalized spacial score (nSPS) is 15.5. The summed E-state index contributed by atoms with van der Waals surface area (Å²) in [7, 11) is 4.25. The predicted octanol–water partition coefficient (Wildman–Crippen LogP) is 3.54. The fourth-order valence-corrected chi connectivity index (χ4v) is 3.05. The SMILES string of the molecule is CC.CCCc1c(CN(C)C)nn2c1CN(C(C)C)CCC2. The van der Waals surface area contributed by atoms with Gasteiger partial charge >= 0.3 is 0 Å². The Bertz CT molecular complexity index is 435. The molecule has 4 heteroatoms. The molecule has 0 amide bonds. The van der Waals surface area contributed by atoms with Crippen LogP contribution in [0.3, 0.4) is 0 Å². The lowest BCUT2D eigenvalue weighted by Gasteiger charge is -2.24. The molecule has 128 valence electrons. The van der Waals surface area contributed by atoms with Gasteiger partial charge < -0.3 is 4.90 Å². The smallest absolute Gasteiger partial charge is 0.0799 e. The van der Waals surface area contributed by atoms with Crippen molar-refractivity contribution in [2.45, 2.75) is 79.6 Å². The maximum atomic E-state index is 4.91. The second kappa shape index (κ2) is 9.31. The first-order chi connectivity index (χ1) is 10.5. The van der Waals surface area contributed by atoms with Crippen molar-refractivity contribution in [2.24, 2.45) is 0 Å². The number of hydrogen-bond donors (Lipinski definition) is 0. The lowest BCUT2D eigenvalue weighted by atomic mass is 10.1. The Hall–Kier alpha value is -0.870. The Morgan fingerprint density at radius 2 is 1.86 bits per heavy atom. The van der Waals surface area contributed by atoms with Crippen LogP contribution in [0, 0.1) is 0 Å². The van der Waals surface area contributed by atoms with Gasteiger partial charge in [-0.15, -0.1) is 0 Å². The zero-order chi connectivity index (χ0) is 16.7. The number of hydrogen-bond acceptors (Lipinski definition) is 3. The summed E-state index contributed by atoms with van der Waals surface area (Å²) in [6, 6.07) is 0.614. The van der Waals surface area contributed by atoms with Crippen LogP contribution < -0.4 is 0 Å². The minimum Gasteiger partial charge on any atom is -0.303 e. The Kier molecular flexibility index (Phi) is 8.12. The van der Waals surface area contributed by atoms with Crippen molar-refractivity contribution >= 4 is 0 Å². The molecule has 0 saturated carbocycles. The molecule has 1 aromatic rings. The Labute approximate surface area is 137 Å². The highest BCUT2D eigenvalue weighted by atomic mass is 15.3. The van der Waals surface area contributed by atoms with E-state index >= 15 is 0 Å². The van der Waals surface area contributed by atoms with Crippen molar-refractivity contribution in [3.05, 3.63) is 17.0 Å². The molecule has 0 bridgehead atoms. The molecule has 0 saturated heterocycles. The van der Waals surface area contributed by atoms with E-state index in [-0.39, 0.29) is 0 Å². The van der Waals surface area contributed by atoms with Crippen LogP contribution >= 0.6 is 0 Å².